The van der Waals surface area contributed by atoms with Crippen LogP contribution in [0.1, 0.15) is 0 Å². The summed E-state index contributed by atoms with van der Waals surface area (Å²) >= 11 is 0. The van der Waals surface area contributed by atoms with Crippen molar-refractivity contribution in [1.29, 1.82) is 0 Å². The van der Waals surface area contributed by atoms with Crippen molar-refractivity contribution in [1.82, 2.24) is 0 Å². The minimum absolute atomic E-state index is 0.118. The van der Waals surface area contributed by atoms with Gasteiger partial charge in [0.1, 0.15) is 0 Å². The lowest BCUT2D eigenvalue weighted by atomic mass is 10.5. The van der Waals surface area contributed by atoms with Crippen LogP contribution in [0.5, 0.6) is 0 Å². The lowest BCUT2D eigenvalue weighted by Crippen LogP contribution is -2.55. The summed E-state index contributed by atoms with van der Waals surface area (Å²) in [4.78, 5) is 0. The van der Waals surface area contributed by atoms with Gasteiger partial charge in [0.2, 0.25) is 0 Å². The summed E-state index contributed by atoms with van der Waals surface area (Å²) in [7, 11) is 0. The highest BCUT2D eigenvalue weighted by molar-refractivity contribution is 4.58. The maximum absolute atomic E-state index is 8.26. The predicted octanol–water partition coefficient (Wildman–Crippen LogP) is -2.49. The zero-order valence-electron chi connectivity index (χ0n) is 3.39. The van der Waals surface area contributed by atoms with Crippen LogP contribution in [-0.4, -0.2) is 17.5 Å². The fourth-order valence-corrected chi connectivity index (χ4v) is 0. The Labute approximate surface area is 35.9 Å². The number of rotatable bonds is 1. The fourth-order valence-electron chi connectivity index (χ4n) is 0. The molecule has 0 rings (SSSR count). The molecule has 0 aliphatic rings. The lowest BCUT2D eigenvalue weighted by Gasteiger charge is -2.11. The second-order valence-electron chi connectivity index (χ2n) is 1.20. The molecule has 0 saturated carbocycles. The van der Waals surface area contributed by atoms with Crippen molar-refractivity contribution in [2.75, 3.05) is 6.54 Å². The minimum atomic E-state index is -1.68. The topological polar surface area (TPSA) is 98.3 Å². The second kappa shape index (κ2) is 1.53. The van der Waals surface area contributed by atoms with E-state index < -0.39 is 5.85 Å². The first-order valence-corrected chi connectivity index (χ1v) is 1.56. The van der Waals surface area contributed by atoms with Crippen LogP contribution in [0.2, 0.25) is 0 Å². The zero-order valence-corrected chi connectivity index (χ0v) is 3.39. The summed E-state index contributed by atoms with van der Waals surface area (Å²) in [6.45, 7) is -0.118. The van der Waals surface area contributed by atoms with Gasteiger partial charge in [-0.3, -0.25) is 11.5 Å². The molecule has 0 radical (unpaired) electrons. The van der Waals surface area contributed by atoms with Crippen molar-refractivity contribution >= 4 is 0 Å². The summed E-state index contributed by atoms with van der Waals surface area (Å²) in [5.41, 5.74) is 14.3. The van der Waals surface area contributed by atoms with Gasteiger partial charge >= 0.3 is 0 Å². The van der Waals surface area contributed by atoms with Crippen LogP contribution in [0.25, 0.3) is 0 Å². The van der Waals surface area contributed by atoms with E-state index in [1.54, 1.807) is 0 Å². The molecule has 0 fully saturated rings. The van der Waals surface area contributed by atoms with E-state index in [1.807, 2.05) is 0 Å². The highest BCUT2D eigenvalue weighted by atomic mass is 16.3. The van der Waals surface area contributed by atoms with Crippen molar-refractivity contribution in [2.45, 2.75) is 5.85 Å². The molecule has 6 heavy (non-hydrogen) atoms. The Bertz CT molecular complexity index is 38.5. The maximum Gasteiger partial charge on any atom is 0.179 e. The summed E-state index contributed by atoms with van der Waals surface area (Å²) in [6, 6.07) is 0. The van der Waals surface area contributed by atoms with Crippen LogP contribution in [0.3, 0.4) is 0 Å². The third kappa shape index (κ3) is 3.84. The van der Waals surface area contributed by atoms with Gasteiger partial charge in [-0.2, -0.15) is 0 Å². The molecular formula is C2H9N3O. The van der Waals surface area contributed by atoms with Crippen LogP contribution in [0.4, 0.5) is 0 Å². The van der Waals surface area contributed by atoms with Gasteiger partial charge in [0.25, 0.3) is 0 Å². The molecule has 0 heterocycles. The molecule has 0 spiro atoms. The highest BCUT2D eigenvalue weighted by Gasteiger charge is 2.07. The quantitative estimate of drug-likeness (QED) is 0.268. The van der Waals surface area contributed by atoms with Crippen LogP contribution in [0, 0.1) is 0 Å². The monoisotopic (exact) mass is 91.1 g/mol. The molecule has 0 unspecified atom stereocenters. The average molecular weight is 91.1 g/mol. The summed E-state index contributed by atoms with van der Waals surface area (Å²) in [5, 5.41) is 8.26. The Morgan fingerprint density at radius 2 is 1.67 bits per heavy atom. The number of hydrogen-bond donors (Lipinski definition) is 4. The summed E-state index contributed by atoms with van der Waals surface area (Å²) in [6.07, 6.45) is 0. The van der Waals surface area contributed by atoms with Crippen molar-refractivity contribution < 1.29 is 5.11 Å². The van der Waals surface area contributed by atoms with Crippen molar-refractivity contribution in [3.05, 3.63) is 0 Å². The van der Waals surface area contributed by atoms with Crippen LogP contribution >= 0.6 is 0 Å². The average Bonchev–Trinajstić information content (AvgIpc) is 1.35. The minimum Gasteiger partial charge on any atom is -0.362 e. The number of nitrogens with two attached hydrogens (primary N) is 3. The Morgan fingerprint density at radius 3 is 1.67 bits per heavy atom. The SMILES string of the molecule is NCC(N)(N)O. The molecule has 7 N–H and O–H groups in total. The van der Waals surface area contributed by atoms with Crippen molar-refractivity contribution in [3.8, 4) is 0 Å². The Balaban J connectivity index is 3.17. The number of aliphatic hydroxyl groups is 1. The van der Waals surface area contributed by atoms with E-state index in [2.05, 4.69) is 0 Å². The second-order valence-corrected chi connectivity index (χ2v) is 1.20. The Kier molecular flexibility index (Phi) is 1.48. The Morgan fingerprint density at radius 1 is 1.50 bits per heavy atom. The van der Waals surface area contributed by atoms with Gasteiger partial charge < -0.3 is 10.8 Å². The molecule has 4 nitrogen and oxygen atoms in total. The summed E-state index contributed by atoms with van der Waals surface area (Å²) in [5.74, 6) is -1.68. The number of hydrogen-bond acceptors (Lipinski definition) is 4. The zero-order chi connectivity index (χ0) is 5.21. The van der Waals surface area contributed by atoms with Gasteiger partial charge in [-0.15, -0.1) is 0 Å². The summed E-state index contributed by atoms with van der Waals surface area (Å²) < 4.78 is 0. The lowest BCUT2D eigenvalue weighted by molar-refractivity contribution is 0.0633. The molecule has 0 bridgehead atoms. The van der Waals surface area contributed by atoms with Gasteiger partial charge in [0.15, 0.2) is 5.85 Å². The molecule has 0 saturated heterocycles. The largest absolute Gasteiger partial charge is 0.362 e. The van der Waals surface area contributed by atoms with Crippen LogP contribution in [0.15, 0.2) is 0 Å². The third-order valence-electron chi connectivity index (χ3n) is 0.327. The van der Waals surface area contributed by atoms with Crippen molar-refractivity contribution in [3.63, 3.8) is 0 Å². The molecule has 0 atom stereocenters. The molecule has 0 aromatic heterocycles. The van der Waals surface area contributed by atoms with E-state index in [0.29, 0.717) is 0 Å². The molecule has 0 aromatic carbocycles. The van der Waals surface area contributed by atoms with Gasteiger partial charge in [-0.25, -0.2) is 0 Å². The van der Waals surface area contributed by atoms with E-state index in [9.17, 15) is 0 Å². The van der Waals surface area contributed by atoms with E-state index >= 15 is 0 Å². The van der Waals surface area contributed by atoms with E-state index in [4.69, 9.17) is 22.3 Å². The molecular weight excluding hydrogens is 82.0 g/mol. The smallest absolute Gasteiger partial charge is 0.179 e. The first kappa shape index (κ1) is 5.84. The molecule has 0 aliphatic heterocycles. The van der Waals surface area contributed by atoms with Gasteiger partial charge in [0.05, 0.1) is 0 Å². The van der Waals surface area contributed by atoms with E-state index in [1.165, 1.54) is 0 Å². The normalized spacial score (nSPS) is 12.0. The van der Waals surface area contributed by atoms with Gasteiger partial charge in [-0.05, 0) is 0 Å². The van der Waals surface area contributed by atoms with Gasteiger partial charge in [-0.1, -0.05) is 0 Å². The standard InChI is InChI=1S/C2H9N3O/c3-1-2(4,5)6/h6H,1,3-5H2. The Hall–Kier alpha value is -0.160. The highest BCUT2D eigenvalue weighted by Crippen LogP contribution is 1.69. The van der Waals surface area contributed by atoms with Crippen LogP contribution in [-0.2, 0) is 0 Å². The van der Waals surface area contributed by atoms with Crippen LogP contribution < -0.4 is 17.2 Å². The van der Waals surface area contributed by atoms with E-state index in [0.717, 1.165) is 0 Å². The molecule has 38 valence electrons. The molecule has 0 amide bonds. The molecule has 0 aliphatic carbocycles. The van der Waals surface area contributed by atoms with Gasteiger partial charge in [0, 0.05) is 6.54 Å². The molecule has 4 heteroatoms. The maximum atomic E-state index is 8.26. The van der Waals surface area contributed by atoms with Crippen molar-refractivity contribution in [2.24, 2.45) is 17.2 Å². The van der Waals surface area contributed by atoms with E-state index in [-0.39, 0.29) is 6.54 Å². The first-order valence-electron chi connectivity index (χ1n) is 1.56. The first-order chi connectivity index (χ1) is 2.56. The third-order valence-corrected chi connectivity index (χ3v) is 0.327. The fraction of sp³-hybridized carbons (Fsp3) is 1.00. The predicted molar refractivity (Wildman–Crippen MR) is 22.4 cm³/mol. The molecule has 0 aromatic rings.